The third kappa shape index (κ3) is 6.37. The number of halogens is 3. The lowest BCUT2D eigenvalue weighted by Gasteiger charge is -2.34. The van der Waals surface area contributed by atoms with Crippen molar-refractivity contribution in [1.82, 2.24) is 20.2 Å². The number of hydrogen-bond acceptors (Lipinski definition) is 6. The summed E-state index contributed by atoms with van der Waals surface area (Å²) in [5.41, 5.74) is 2.41. The highest BCUT2D eigenvalue weighted by Crippen LogP contribution is 2.35. The molecule has 0 atom stereocenters. The molecule has 0 aliphatic carbocycles. The molecule has 0 unspecified atom stereocenters. The lowest BCUT2D eigenvalue weighted by Crippen LogP contribution is -2.38. The van der Waals surface area contributed by atoms with E-state index in [-0.39, 0.29) is 24.7 Å². The molecule has 0 spiro atoms. The standard InChI is InChI=1S/C24H31F3N6O/c1-32-10-6-17(7-11-32)23(34)30-15-20-14-29-22(16-28-20)31-19-2-4-21(5-3-19)33-12-8-18(9-13-33)24(25,26)27/h2-5,14,16-18H,6-13,15H2,1H3,(H,29,31)(H,30,34). The molecule has 3 heterocycles. The van der Waals surface area contributed by atoms with Gasteiger partial charge >= 0.3 is 6.18 Å². The number of anilines is 3. The number of piperidine rings is 2. The summed E-state index contributed by atoms with van der Waals surface area (Å²) in [6, 6.07) is 7.55. The van der Waals surface area contributed by atoms with Crippen LogP contribution in [-0.2, 0) is 11.3 Å². The number of benzene rings is 1. The molecule has 4 rings (SSSR count). The summed E-state index contributed by atoms with van der Waals surface area (Å²) >= 11 is 0. The Morgan fingerprint density at radius 2 is 1.68 bits per heavy atom. The van der Waals surface area contributed by atoms with Gasteiger partial charge in [0.2, 0.25) is 5.91 Å². The predicted octanol–water partition coefficient (Wildman–Crippen LogP) is 3.96. The zero-order valence-electron chi connectivity index (χ0n) is 19.3. The van der Waals surface area contributed by atoms with E-state index < -0.39 is 12.1 Å². The molecule has 2 aromatic rings. The molecule has 2 aliphatic heterocycles. The number of aromatic nitrogens is 2. The van der Waals surface area contributed by atoms with E-state index >= 15 is 0 Å². The van der Waals surface area contributed by atoms with E-state index in [4.69, 9.17) is 0 Å². The van der Waals surface area contributed by atoms with Gasteiger partial charge in [0.1, 0.15) is 5.82 Å². The van der Waals surface area contributed by atoms with E-state index in [0.717, 1.165) is 37.3 Å². The van der Waals surface area contributed by atoms with E-state index in [1.807, 2.05) is 29.2 Å². The van der Waals surface area contributed by atoms with Gasteiger partial charge in [-0.05, 0) is 70.1 Å². The van der Waals surface area contributed by atoms with Crippen molar-refractivity contribution in [3.05, 3.63) is 42.4 Å². The number of nitrogens with one attached hydrogen (secondary N) is 2. The number of nitrogens with zero attached hydrogens (tertiary/aromatic N) is 4. The number of amides is 1. The van der Waals surface area contributed by atoms with Crippen LogP contribution in [0.25, 0.3) is 0 Å². The lowest BCUT2D eigenvalue weighted by molar-refractivity contribution is -0.179. The first kappa shape index (κ1) is 24.3. The molecule has 2 saturated heterocycles. The van der Waals surface area contributed by atoms with Crippen LogP contribution in [0, 0.1) is 11.8 Å². The van der Waals surface area contributed by atoms with E-state index in [9.17, 15) is 18.0 Å². The molecule has 2 fully saturated rings. The summed E-state index contributed by atoms with van der Waals surface area (Å²) in [4.78, 5) is 25.3. The van der Waals surface area contributed by atoms with Crippen LogP contribution in [0.15, 0.2) is 36.7 Å². The molecule has 0 radical (unpaired) electrons. The minimum Gasteiger partial charge on any atom is -0.372 e. The smallest absolute Gasteiger partial charge is 0.372 e. The number of carbonyl (C=O) groups excluding carboxylic acids is 1. The van der Waals surface area contributed by atoms with Gasteiger partial charge in [-0.25, -0.2) is 4.98 Å². The summed E-state index contributed by atoms with van der Waals surface area (Å²) in [5, 5.41) is 6.13. The highest BCUT2D eigenvalue weighted by molar-refractivity contribution is 5.78. The fourth-order valence-electron chi connectivity index (χ4n) is 4.47. The Morgan fingerprint density at radius 3 is 2.26 bits per heavy atom. The van der Waals surface area contributed by atoms with Gasteiger partial charge in [0.25, 0.3) is 0 Å². The zero-order valence-corrected chi connectivity index (χ0v) is 19.3. The lowest BCUT2D eigenvalue weighted by atomic mass is 9.96. The van der Waals surface area contributed by atoms with Crippen molar-refractivity contribution >= 4 is 23.1 Å². The summed E-state index contributed by atoms with van der Waals surface area (Å²) in [6.45, 7) is 3.03. The van der Waals surface area contributed by atoms with Crippen LogP contribution >= 0.6 is 0 Å². The van der Waals surface area contributed by atoms with Gasteiger partial charge in [-0.3, -0.25) is 9.78 Å². The molecular formula is C24H31F3N6O. The van der Waals surface area contributed by atoms with Gasteiger partial charge in [-0.15, -0.1) is 0 Å². The van der Waals surface area contributed by atoms with Crippen LogP contribution in [0.4, 0.5) is 30.4 Å². The Bertz CT molecular complexity index is 935. The Kier molecular flexibility index (Phi) is 7.55. The van der Waals surface area contributed by atoms with Crippen molar-refractivity contribution in [3.63, 3.8) is 0 Å². The van der Waals surface area contributed by atoms with Gasteiger partial charge in [-0.2, -0.15) is 13.2 Å². The van der Waals surface area contributed by atoms with E-state index in [1.165, 1.54) is 0 Å². The molecule has 1 aromatic heterocycles. The van der Waals surface area contributed by atoms with Crippen molar-refractivity contribution in [1.29, 1.82) is 0 Å². The van der Waals surface area contributed by atoms with E-state index in [2.05, 4.69) is 32.5 Å². The third-order valence-electron chi connectivity index (χ3n) is 6.70. The number of hydrogen-bond donors (Lipinski definition) is 2. The monoisotopic (exact) mass is 476 g/mol. The van der Waals surface area contributed by atoms with Crippen molar-refractivity contribution in [2.24, 2.45) is 11.8 Å². The number of likely N-dealkylation sites (tertiary alicyclic amines) is 1. The summed E-state index contributed by atoms with van der Waals surface area (Å²) in [6.07, 6.45) is 1.16. The average Bonchev–Trinajstić information content (AvgIpc) is 2.84. The van der Waals surface area contributed by atoms with Gasteiger partial charge in [-0.1, -0.05) is 0 Å². The van der Waals surface area contributed by atoms with Gasteiger partial charge in [0, 0.05) is 30.4 Å². The van der Waals surface area contributed by atoms with Gasteiger partial charge in [0.05, 0.1) is 30.6 Å². The van der Waals surface area contributed by atoms with Crippen LogP contribution in [0.1, 0.15) is 31.4 Å². The van der Waals surface area contributed by atoms with Crippen LogP contribution in [0.2, 0.25) is 0 Å². The first-order chi connectivity index (χ1) is 16.3. The van der Waals surface area contributed by atoms with Crippen molar-refractivity contribution in [2.75, 3.05) is 43.4 Å². The molecule has 34 heavy (non-hydrogen) atoms. The molecule has 2 aliphatic rings. The highest BCUT2D eigenvalue weighted by atomic mass is 19.4. The highest BCUT2D eigenvalue weighted by Gasteiger charge is 2.41. The largest absolute Gasteiger partial charge is 0.391 e. The minimum absolute atomic E-state index is 0.0593. The molecular weight excluding hydrogens is 445 g/mol. The van der Waals surface area contributed by atoms with Crippen molar-refractivity contribution in [2.45, 2.75) is 38.4 Å². The molecule has 184 valence electrons. The molecule has 2 N–H and O–H groups in total. The van der Waals surface area contributed by atoms with Crippen molar-refractivity contribution in [3.8, 4) is 0 Å². The molecule has 0 bridgehead atoms. The first-order valence-corrected chi connectivity index (χ1v) is 11.7. The maximum atomic E-state index is 12.9. The normalized spacial score (nSPS) is 18.6. The fraction of sp³-hybridized carbons (Fsp3) is 0.542. The number of carbonyl (C=O) groups is 1. The maximum Gasteiger partial charge on any atom is 0.391 e. The Morgan fingerprint density at radius 1 is 1.00 bits per heavy atom. The van der Waals surface area contributed by atoms with Gasteiger partial charge < -0.3 is 20.4 Å². The first-order valence-electron chi connectivity index (χ1n) is 11.7. The zero-order chi connectivity index (χ0) is 24.1. The van der Waals surface area contributed by atoms with Crippen LogP contribution < -0.4 is 15.5 Å². The van der Waals surface area contributed by atoms with Crippen LogP contribution in [-0.4, -0.2) is 60.2 Å². The summed E-state index contributed by atoms with van der Waals surface area (Å²) < 4.78 is 38.6. The quantitative estimate of drug-likeness (QED) is 0.658. The average molecular weight is 477 g/mol. The molecule has 7 nitrogen and oxygen atoms in total. The van der Waals surface area contributed by atoms with Crippen molar-refractivity contribution < 1.29 is 18.0 Å². The molecule has 1 amide bonds. The third-order valence-corrected chi connectivity index (χ3v) is 6.70. The fourth-order valence-corrected chi connectivity index (χ4v) is 4.47. The van der Waals surface area contributed by atoms with Gasteiger partial charge in [0.15, 0.2) is 0 Å². The second-order valence-electron chi connectivity index (χ2n) is 9.16. The summed E-state index contributed by atoms with van der Waals surface area (Å²) in [7, 11) is 2.07. The van der Waals surface area contributed by atoms with Crippen LogP contribution in [0.3, 0.4) is 0 Å². The molecule has 10 heteroatoms. The summed E-state index contributed by atoms with van der Waals surface area (Å²) in [5.74, 6) is -0.498. The second kappa shape index (κ2) is 10.6. The Hall–Kier alpha value is -2.88. The SMILES string of the molecule is CN1CCC(C(=O)NCc2cnc(Nc3ccc(N4CCC(C(F)(F)F)CC4)cc3)cn2)CC1. The minimum atomic E-state index is -4.10. The van der Waals surface area contributed by atoms with E-state index in [0.29, 0.717) is 31.1 Å². The molecule has 0 saturated carbocycles. The number of rotatable bonds is 6. The topological polar surface area (TPSA) is 73.4 Å². The number of alkyl halides is 3. The maximum absolute atomic E-state index is 12.9. The van der Waals surface area contributed by atoms with Crippen LogP contribution in [0.5, 0.6) is 0 Å². The molecule has 1 aromatic carbocycles. The second-order valence-corrected chi connectivity index (χ2v) is 9.16. The Balaban J connectivity index is 1.24. The predicted molar refractivity (Wildman–Crippen MR) is 125 cm³/mol. The van der Waals surface area contributed by atoms with E-state index in [1.54, 1.807) is 12.4 Å². The Labute approximate surface area is 197 Å².